The van der Waals surface area contributed by atoms with E-state index >= 15 is 0 Å². The summed E-state index contributed by atoms with van der Waals surface area (Å²) < 4.78 is 13.0. The zero-order valence-electron chi connectivity index (χ0n) is 19.5. The summed E-state index contributed by atoms with van der Waals surface area (Å²) >= 11 is 0. The zero-order valence-corrected chi connectivity index (χ0v) is 19.5. The zero-order chi connectivity index (χ0) is 22.8. The minimum Gasteiger partial charge on any atom is -0.354 e. The van der Waals surface area contributed by atoms with Gasteiger partial charge in [0, 0.05) is 44.3 Å². The molecule has 1 unspecified atom stereocenters. The lowest BCUT2D eigenvalue weighted by atomic mass is 10.0. The summed E-state index contributed by atoms with van der Waals surface area (Å²) in [4.78, 5) is 29.0. The van der Waals surface area contributed by atoms with E-state index in [-0.39, 0.29) is 12.2 Å². The average molecular weight is 445 g/mol. The van der Waals surface area contributed by atoms with Crippen LogP contribution in [0, 0.1) is 6.92 Å². The van der Waals surface area contributed by atoms with Gasteiger partial charge in [-0.15, -0.1) is 0 Å². The molecule has 32 heavy (non-hydrogen) atoms. The van der Waals surface area contributed by atoms with Gasteiger partial charge in [-0.05, 0) is 59.2 Å². The van der Waals surface area contributed by atoms with E-state index in [1.807, 2.05) is 33.0 Å². The first-order valence-corrected chi connectivity index (χ1v) is 11.7. The second-order valence-corrected chi connectivity index (χ2v) is 7.98. The van der Waals surface area contributed by atoms with Crippen LogP contribution in [0.25, 0.3) is 5.95 Å². The Kier molecular flexibility index (Phi) is 9.58. The summed E-state index contributed by atoms with van der Waals surface area (Å²) in [7, 11) is 0. The number of hydrogen-bond donors (Lipinski definition) is 1. The molecule has 0 aromatic carbocycles. The average Bonchev–Trinajstić information content (AvgIpc) is 3.33. The lowest BCUT2D eigenvalue weighted by molar-refractivity contribution is -0.140. The number of rotatable bonds is 12. The van der Waals surface area contributed by atoms with E-state index in [1.165, 1.54) is 6.42 Å². The van der Waals surface area contributed by atoms with Gasteiger partial charge in [0.25, 0.3) is 0 Å². The molecular weight excluding hydrogens is 408 g/mol. The molecule has 0 bridgehead atoms. The van der Waals surface area contributed by atoms with Gasteiger partial charge in [-0.1, -0.05) is 6.42 Å². The molecule has 176 valence electrons. The number of piperidine rings is 1. The van der Waals surface area contributed by atoms with Crippen LogP contribution in [0.5, 0.6) is 0 Å². The fourth-order valence-electron chi connectivity index (χ4n) is 4.04. The molecule has 9 heteroatoms. The quantitative estimate of drug-likeness (QED) is 0.397. The maximum atomic E-state index is 13.4. The molecule has 0 spiro atoms. The Balaban J connectivity index is 1.71. The number of hydrogen-bond acceptors (Lipinski definition) is 7. The van der Waals surface area contributed by atoms with E-state index in [4.69, 9.17) is 14.5 Å². The predicted molar refractivity (Wildman–Crippen MR) is 121 cm³/mol. The number of likely N-dealkylation sites (tertiary alicyclic amines) is 1. The van der Waals surface area contributed by atoms with E-state index in [0.29, 0.717) is 25.7 Å². The summed E-state index contributed by atoms with van der Waals surface area (Å²) in [6.45, 7) is 9.41. The number of nitrogens with one attached hydrogen (secondary N) is 1. The van der Waals surface area contributed by atoms with E-state index in [2.05, 4.69) is 20.2 Å². The molecule has 1 aliphatic heterocycles. The van der Waals surface area contributed by atoms with Gasteiger partial charge in [-0.25, -0.2) is 15.0 Å². The number of nitrogens with zero attached hydrogens (tertiary/aromatic N) is 5. The number of aromatic nitrogens is 4. The van der Waals surface area contributed by atoms with Crippen molar-refractivity contribution in [3.05, 3.63) is 36.2 Å². The molecular formula is C23H36N6O3. The number of ether oxygens (including phenoxy) is 2. The summed E-state index contributed by atoms with van der Waals surface area (Å²) in [6, 6.07) is 1.48. The van der Waals surface area contributed by atoms with Gasteiger partial charge in [-0.3, -0.25) is 14.3 Å². The predicted octanol–water partition coefficient (Wildman–Crippen LogP) is 2.79. The van der Waals surface area contributed by atoms with Crippen molar-refractivity contribution in [3.63, 3.8) is 0 Å². The summed E-state index contributed by atoms with van der Waals surface area (Å²) in [5.74, 6) is 0.509. The van der Waals surface area contributed by atoms with E-state index in [0.717, 1.165) is 50.2 Å². The molecule has 1 atom stereocenters. The highest BCUT2D eigenvalue weighted by molar-refractivity contribution is 5.82. The number of amides is 1. The van der Waals surface area contributed by atoms with Crippen LogP contribution < -0.4 is 5.32 Å². The van der Waals surface area contributed by atoms with Gasteiger partial charge in [-0.2, -0.15) is 0 Å². The van der Waals surface area contributed by atoms with Crippen LogP contribution in [-0.2, 0) is 14.3 Å². The highest BCUT2D eigenvalue weighted by Crippen LogP contribution is 2.25. The highest BCUT2D eigenvalue weighted by atomic mass is 16.7. The monoisotopic (exact) mass is 444 g/mol. The smallest absolute Gasteiger partial charge is 0.243 e. The van der Waals surface area contributed by atoms with Crippen molar-refractivity contribution in [1.29, 1.82) is 0 Å². The van der Waals surface area contributed by atoms with Crippen LogP contribution >= 0.6 is 0 Å². The lowest BCUT2D eigenvalue weighted by Crippen LogP contribution is -2.43. The second kappa shape index (κ2) is 12.6. The van der Waals surface area contributed by atoms with Crippen LogP contribution in [-0.4, -0.2) is 69.5 Å². The van der Waals surface area contributed by atoms with E-state index in [9.17, 15) is 4.79 Å². The molecule has 3 rings (SSSR count). The Morgan fingerprint density at radius 3 is 2.56 bits per heavy atom. The van der Waals surface area contributed by atoms with Gasteiger partial charge in [0.15, 0.2) is 6.29 Å². The van der Waals surface area contributed by atoms with Crippen molar-refractivity contribution in [2.24, 2.45) is 0 Å². The third-order valence-corrected chi connectivity index (χ3v) is 5.50. The minimum atomic E-state index is -0.436. The summed E-state index contributed by atoms with van der Waals surface area (Å²) in [6.07, 6.45) is 9.85. The van der Waals surface area contributed by atoms with Crippen LogP contribution in [0.15, 0.2) is 24.8 Å². The number of carbonyl (C=O) groups is 1. The standard InChI is InChI=1S/C23H36N6O3/c1-4-31-20(32-5-2)10-9-11-25-22(30)21(28-13-7-6-8-14-28)19-16-18(3)26-23(27-19)29-15-12-24-17-29/h12,15-17,20-21H,4-11,13-14H2,1-3H3,(H,25,30). The van der Waals surface area contributed by atoms with Crippen LogP contribution in [0.1, 0.15) is 63.4 Å². The van der Waals surface area contributed by atoms with Crippen molar-refractivity contribution in [2.45, 2.75) is 65.2 Å². The Morgan fingerprint density at radius 1 is 1.16 bits per heavy atom. The van der Waals surface area contributed by atoms with Gasteiger partial charge in [0.2, 0.25) is 11.9 Å². The van der Waals surface area contributed by atoms with E-state index < -0.39 is 6.04 Å². The molecule has 0 radical (unpaired) electrons. The molecule has 0 saturated carbocycles. The Labute approximate surface area is 190 Å². The fourth-order valence-corrected chi connectivity index (χ4v) is 4.04. The maximum Gasteiger partial charge on any atom is 0.243 e. The lowest BCUT2D eigenvalue weighted by Gasteiger charge is -2.33. The Hall–Kier alpha value is -2.36. The second-order valence-electron chi connectivity index (χ2n) is 7.98. The first kappa shape index (κ1) is 24.3. The third-order valence-electron chi connectivity index (χ3n) is 5.50. The molecule has 1 amide bonds. The van der Waals surface area contributed by atoms with Crippen LogP contribution in [0.2, 0.25) is 0 Å². The van der Waals surface area contributed by atoms with Crippen molar-refractivity contribution < 1.29 is 14.3 Å². The molecule has 1 N–H and O–H groups in total. The van der Waals surface area contributed by atoms with Gasteiger partial charge in [0.1, 0.15) is 12.4 Å². The molecule has 2 aromatic heterocycles. The summed E-state index contributed by atoms with van der Waals surface area (Å²) in [5.41, 5.74) is 1.55. The molecule has 0 aliphatic carbocycles. The van der Waals surface area contributed by atoms with Gasteiger partial charge >= 0.3 is 0 Å². The first-order chi connectivity index (χ1) is 15.6. The largest absolute Gasteiger partial charge is 0.354 e. The maximum absolute atomic E-state index is 13.4. The van der Waals surface area contributed by atoms with Crippen molar-refractivity contribution in [1.82, 2.24) is 29.7 Å². The Morgan fingerprint density at radius 2 is 1.91 bits per heavy atom. The Bertz CT molecular complexity index is 817. The first-order valence-electron chi connectivity index (χ1n) is 11.7. The van der Waals surface area contributed by atoms with E-state index in [1.54, 1.807) is 17.1 Å². The normalized spacial score (nSPS) is 15.8. The molecule has 9 nitrogen and oxygen atoms in total. The minimum absolute atomic E-state index is 0.0223. The number of carbonyl (C=O) groups excluding carboxylic acids is 1. The van der Waals surface area contributed by atoms with Crippen LogP contribution in [0.3, 0.4) is 0 Å². The third kappa shape index (κ3) is 6.82. The molecule has 2 aromatic rings. The fraction of sp³-hybridized carbons (Fsp3) is 0.652. The van der Waals surface area contributed by atoms with Gasteiger partial charge in [0.05, 0.1) is 5.69 Å². The SMILES string of the molecule is CCOC(CCCNC(=O)C(c1cc(C)nc(-n2ccnc2)n1)N1CCCCC1)OCC. The van der Waals surface area contributed by atoms with Crippen molar-refractivity contribution in [3.8, 4) is 5.95 Å². The highest BCUT2D eigenvalue weighted by Gasteiger charge is 2.30. The number of imidazole rings is 1. The van der Waals surface area contributed by atoms with Gasteiger partial charge < -0.3 is 14.8 Å². The molecule has 1 saturated heterocycles. The molecule has 3 heterocycles. The summed E-state index contributed by atoms with van der Waals surface area (Å²) in [5, 5.41) is 3.12. The van der Waals surface area contributed by atoms with Crippen molar-refractivity contribution >= 4 is 5.91 Å². The number of aryl methyl sites for hydroxylation is 1. The topological polar surface area (TPSA) is 94.4 Å². The van der Waals surface area contributed by atoms with Crippen LogP contribution in [0.4, 0.5) is 0 Å². The van der Waals surface area contributed by atoms with Crippen molar-refractivity contribution in [2.75, 3.05) is 32.8 Å². The molecule has 1 fully saturated rings. The molecule has 1 aliphatic rings.